The Morgan fingerprint density at radius 3 is 1.53 bits per heavy atom. The summed E-state index contributed by atoms with van der Waals surface area (Å²) in [6.07, 6.45) is 0. The minimum absolute atomic E-state index is 0.0426. The summed E-state index contributed by atoms with van der Waals surface area (Å²) in [5, 5.41) is 1.57. The van der Waals surface area contributed by atoms with E-state index in [1.807, 2.05) is 26.0 Å². The Labute approximate surface area is 196 Å². The smallest absolute Gasteiger partial charge is 0.200 e. The van der Waals surface area contributed by atoms with E-state index in [4.69, 9.17) is 0 Å². The quantitative estimate of drug-likeness (QED) is 0.327. The van der Waals surface area contributed by atoms with E-state index in [9.17, 15) is 16.8 Å². The van der Waals surface area contributed by atoms with Crippen LogP contribution in [0.1, 0.15) is 11.1 Å². The lowest BCUT2D eigenvalue weighted by Gasteiger charge is -2.24. The highest BCUT2D eigenvalue weighted by molar-refractivity contribution is 9.10. The molecule has 0 saturated heterocycles. The number of nitrogens with zero attached hydrogens (tertiary/aromatic N) is 1. The molecule has 0 amide bonds. The SMILES string of the molecule is Cc1ccc(S(=O)(=O)N(c2ccc3cc(Br)ccc3c2)S(=O)(=O)c2ccc(C)cc2)cc1. The van der Waals surface area contributed by atoms with Crippen molar-refractivity contribution in [2.24, 2.45) is 0 Å². The molecule has 0 heterocycles. The number of benzene rings is 4. The van der Waals surface area contributed by atoms with Crippen molar-refractivity contribution in [2.45, 2.75) is 23.6 Å². The molecule has 0 aliphatic carbocycles. The van der Waals surface area contributed by atoms with E-state index in [0.717, 1.165) is 21.0 Å². The molecule has 0 aromatic heterocycles. The molecule has 4 aromatic rings. The Morgan fingerprint density at radius 1 is 0.594 bits per heavy atom. The molecule has 0 aliphatic heterocycles. The average Bonchev–Trinajstić information content (AvgIpc) is 2.74. The highest BCUT2D eigenvalue weighted by Crippen LogP contribution is 2.33. The van der Waals surface area contributed by atoms with Gasteiger partial charge in [0.1, 0.15) is 0 Å². The predicted octanol–water partition coefficient (Wildman–Crippen LogP) is 5.80. The molecule has 8 heteroatoms. The van der Waals surface area contributed by atoms with Crippen molar-refractivity contribution in [3.63, 3.8) is 0 Å². The summed E-state index contributed by atoms with van der Waals surface area (Å²) >= 11 is 3.41. The molecule has 4 aromatic carbocycles. The van der Waals surface area contributed by atoms with Gasteiger partial charge in [0, 0.05) is 4.47 Å². The van der Waals surface area contributed by atoms with E-state index in [0.29, 0.717) is 9.10 Å². The molecule has 0 atom stereocenters. The molecule has 5 nitrogen and oxygen atoms in total. The average molecular weight is 530 g/mol. The number of halogens is 1. The van der Waals surface area contributed by atoms with Crippen LogP contribution < -0.4 is 3.71 Å². The monoisotopic (exact) mass is 529 g/mol. The number of aryl methyl sites for hydroxylation is 2. The molecule has 0 aliphatic rings. The molecule has 0 radical (unpaired) electrons. The summed E-state index contributed by atoms with van der Waals surface area (Å²) in [7, 11) is -8.86. The fourth-order valence-corrected chi connectivity index (χ4v) is 7.39. The van der Waals surface area contributed by atoms with Crippen LogP contribution in [-0.4, -0.2) is 16.8 Å². The molecular weight excluding hydrogens is 510 g/mol. The first-order valence-electron chi connectivity index (χ1n) is 9.72. The Hall–Kier alpha value is -2.68. The topological polar surface area (TPSA) is 71.5 Å². The van der Waals surface area contributed by atoms with Crippen molar-refractivity contribution in [2.75, 3.05) is 3.71 Å². The van der Waals surface area contributed by atoms with Gasteiger partial charge in [0.25, 0.3) is 20.0 Å². The van der Waals surface area contributed by atoms with Crippen molar-refractivity contribution in [1.82, 2.24) is 0 Å². The van der Waals surface area contributed by atoms with Crippen LogP contribution >= 0.6 is 15.9 Å². The second kappa shape index (κ2) is 8.35. The summed E-state index contributed by atoms with van der Waals surface area (Å²) in [6.45, 7) is 3.66. The molecule has 32 heavy (non-hydrogen) atoms. The zero-order chi connectivity index (χ0) is 23.1. The van der Waals surface area contributed by atoms with E-state index in [-0.39, 0.29) is 15.5 Å². The molecule has 0 saturated carbocycles. The first kappa shape index (κ1) is 22.5. The third-order valence-corrected chi connectivity index (χ3v) is 9.77. The third-order valence-electron chi connectivity index (χ3n) is 5.07. The molecule has 164 valence electrons. The first-order valence-corrected chi connectivity index (χ1v) is 13.4. The summed E-state index contributed by atoms with van der Waals surface area (Å²) < 4.78 is 56.0. The van der Waals surface area contributed by atoms with Gasteiger partial charge in [-0.2, -0.15) is 3.71 Å². The van der Waals surface area contributed by atoms with E-state index >= 15 is 0 Å². The molecule has 4 rings (SSSR count). The Morgan fingerprint density at radius 2 is 1.03 bits per heavy atom. The summed E-state index contributed by atoms with van der Waals surface area (Å²) in [6, 6.07) is 22.5. The lowest BCUT2D eigenvalue weighted by atomic mass is 10.1. The molecule has 0 unspecified atom stereocenters. The second-order valence-corrected chi connectivity index (χ2v) is 12.2. The van der Waals surface area contributed by atoms with Gasteiger partial charge in [0.15, 0.2) is 0 Å². The van der Waals surface area contributed by atoms with Crippen LogP contribution in [0, 0.1) is 13.8 Å². The largest absolute Gasteiger partial charge is 0.277 e. The molecular formula is C24H20BrNO4S2. The minimum Gasteiger partial charge on any atom is -0.200 e. The van der Waals surface area contributed by atoms with Gasteiger partial charge >= 0.3 is 0 Å². The van der Waals surface area contributed by atoms with E-state index < -0.39 is 20.0 Å². The normalized spacial score (nSPS) is 12.1. The Bertz CT molecular complexity index is 1440. The van der Waals surface area contributed by atoms with Gasteiger partial charge in [0.2, 0.25) is 0 Å². The maximum absolute atomic E-state index is 13.7. The number of sulfonamides is 2. The van der Waals surface area contributed by atoms with Crippen LogP contribution in [0.15, 0.2) is 99.2 Å². The van der Waals surface area contributed by atoms with Crippen LogP contribution in [0.5, 0.6) is 0 Å². The summed E-state index contributed by atoms with van der Waals surface area (Å²) in [5.74, 6) is 0. The molecule has 0 fully saturated rings. The summed E-state index contributed by atoms with van der Waals surface area (Å²) in [5.41, 5.74) is 1.78. The summed E-state index contributed by atoms with van der Waals surface area (Å²) in [4.78, 5) is -0.204. The predicted molar refractivity (Wildman–Crippen MR) is 131 cm³/mol. The van der Waals surface area contributed by atoms with Gasteiger partial charge in [-0.05, 0) is 73.2 Å². The van der Waals surface area contributed by atoms with Crippen molar-refractivity contribution < 1.29 is 16.8 Å². The maximum Gasteiger partial charge on any atom is 0.277 e. The van der Waals surface area contributed by atoms with Gasteiger partial charge in [-0.1, -0.05) is 63.5 Å². The van der Waals surface area contributed by atoms with Crippen LogP contribution in [0.25, 0.3) is 10.8 Å². The van der Waals surface area contributed by atoms with Gasteiger partial charge < -0.3 is 0 Å². The third kappa shape index (κ3) is 4.18. The van der Waals surface area contributed by atoms with Gasteiger partial charge in [-0.15, -0.1) is 0 Å². The fourth-order valence-electron chi connectivity index (χ4n) is 3.34. The highest BCUT2D eigenvalue weighted by atomic mass is 79.9. The van der Waals surface area contributed by atoms with Gasteiger partial charge in [-0.3, -0.25) is 0 Å². The first-order chi connectivity index (χ1) is 15.1. The number of anilines is 1. The van der Waals surface area contributed by atoms with E-state index in [1.165, 1.54) is 30.3 Å². The van der Waals surface area contributed by atoms with E-state index in [2.05, 4.69) is 15.9 Å². The van der Waals surface area contributed by atoms with Crippen molar-refractivity contribution in [3.8, 4) is 0 Å². The van der Waals surface area contributed by atoms with Crippen molar-refractivity contribution in [1.29, 1.82) is 0 Å². The molecule has 0 N–H and O–H groups in total. The van der Waals surface area contributed by atoms with Crippen molar-refractivity contribution >= 4 is 52.4 Å². The van der Waals surface area contributed by atoms with Crippen LogP contribution in [0.2, 0.25) is 0 Å². The Kier molecular flexibility index (Phi) is 5.87. The number of rotatable bonds is 5. The second-order valence-electron chi connectivity index (χ2n) is 7.51. The maximum atomic E-state index is 13.7. The van der Waals surface area contributed by atoms with Gasteiger partial charge in [0.05, 0.1) is 15.5 Å². The zero-order valence-corrected chi connectivity index (χ0v) is 20.6. The standard InChI is InChI=1S/C24H20BrNO4S2/c1-17-3-11-23(12-4-17)31(27,28)26(32(29,30)24-13-5-18(2)6-14-24)22-10-8-19-15-21(25)9-7-20(19)16-22/h3-16H,1-2H3. The number of fused-ring (bicyclic) bond motifs is 1. The van der Waals surface area contributed by atoms with Crippen LogP contribution in [0.4, 0.5) is 5.69 Å². The minimum atomic E-state index is -4.43. The van der Waals surface area contributed by atoms with Gasteiger partial charge in [-0.25, -0.2) is 16.8 Å². The van der Waals surface area contributed by atoms with Crippen LogP contribution in [0.3, 0.4) is 0 Å². The molecule has 0 bridgehead atoms. The van der Waals surface area contributed by atoms with Crippen molar-refractivity contribution in [3.05, 3.63) is 101 Å². The lowest BCUT2D eigenvalue weighted by Crippen LogP contribution is -2.37. The fraction of sp³-hybridized carbons (Fsp3) is 0.0833. The van der Waals surface area contributed by atoms with E-state index in [1.54, 1.807) is 42.5 Å². The number of hydrogen-bond donors (Lipinski definition) is 0. The highest BCUT2D eigenvalue weighted by Gasteiger charge is 2.37. The zero-order valence-electron chi connectivity index (χ0n) is 17.4. The molecule has 0 spiro atoms. The number of hydrogen-bond acceptors (Lipinski definition) is 4. The Balaban J connectivity index is 1.97. The van der Waals surface area contributed by atoms with Crippen LogP contribution in [-0.2, 0) is 20.0 Å². The lowest BCUT2D eigenvalue weighted by molar-refractivity contribution is 0.584.